The zero-order valence-corrected chi connectivity index (χ0v) is 13.3. The van der Waals surface area contributed by atoms with Crippen molar-refractivity contribution in [3.8, 4) is 0 Å². The molecular formula is C18H23N3O2. The number of nitrogens with one attached hydrogen (secondary N) is 1. The van der Waals surface area contributed by atoms with E-state index >= 15 is 0 Å². The highest BCUT2D eigenvalue weighted by molar-refractivity contribution is 5.97. The van der Waals surface area contributed by atoms with E-state index in [4.69, 9.17) is 0 Å². The van der Waals surface area contributed by atoms with E-state index in [2.05, 4.69) is 15.2 Å². The van der Waals surface area contributed by atoms with Gasteiger partial charge in [-0.25, -0.2) is 4.98 Å². The quantitative estimate of drug-likeness (QED) is 0.878. The van der Waals surface area contributed by atoms with Gasteiger partial charge in [0.2, 0.25) is 5.91 Å². The smallest absolute Gasteiger partial charge is 0.254 e. The van der Waals surface area contributed by atoms with Crippen LogP contribution >= 0.6 is 0 Å². The van der Waals surface area contributed by atoms with Crippen LogP contribution in [0.1, 0.15) is 55.3 Å². The number of hydrogen-bond donors (Lipinski definition) is 1. The third kappa shape index (κ3) is 3.38. The number of nitrogens with zero attached hydrogens (tertiary/aromatic N) is 2. The summed E-state index contributed by atoms with van der Waals surface area (Å²) in [6.45, 7) is 0.885. The van der Waals surface area contributed by atoms with E-state index in [-0.39, 0.29) is 17.7 Å². The molecule has 0 radical (unpaired) electrons. The Kier molecular flexibility index (Phi) is 3.79. The van der Waals surface area contributed by atoms with Crippen LogP contribution < -0.4 is 5.32 Å². The number of anilines is 1. The Morgan fingerprint density at radius 1 is 1.17 bits per heavy atom. The molecule has 1 heterocycles. The van der Waals surface area contributed by atoms with Crippen molar-refractivity contribution in [1.29, 1.82) is 0 Å². The van der Waals surface area contributed by atoms with Gasteiger partial charge in [-0.3, -0.25) is 9.59 Å². The Bertz CT molecular complexity index is 618. The molecule has 23 heavy (non-hydrogen) atoms. The molecule has 3 saturated carbocycles. The maximum absolute atomic E-state index is 12.9. The fourth-order valence-electron chi connectivity index (χ4n) is 3.05. The van der Waals surface area contributed by atoms with Crippen molar-refractivity contribution in [3.63, 3.8) is 0 Å². The number of carbonyl (C=O) groups excluding carboxylic acids is 2. The van der Waals surface area contributed by atoms with Gasteiger partial charge in [0, 0.05) is 30.3 Å². The largest absolute Gasteiger partial charge is 0.335 e. The standard InChI is InChI=1S/C18H23N3O2/c22-17(13-6-7-13)20-16-10-14(8-9-19-16)18(23)21(11-12-4-5-12)15-2-1-3-15/h8-10,12-13,15H,1-7,11H2,(H,19,20,22). The summed E-state index contributed by atoms with van der Waals surface area (Å²) in [5.74, 6) is 1.43. The van der Waals surface area contributed by atoms with Crippen LogP contribution in [0, 0.1) is 11.8 Å². The average molecular weight is 313 g/mol. The molecule has 1 N–H and O–H groups in total. The van der Waals surface area contributed by atoms with Crippen LogP contribution in [-0.2, 0) is 4.79 Å². The summed E-state index contributed by atoms with van der Waals surface area (Å²) in [4.78, 5) is 31.0. The van der Waals surface area contributed by atoms with Crippen molar-refractivity contribution in [2.75, 3.05) is 11.9 Å². The van der Waals surface area contributed by atoms with E-state index in [0.29, 0.717) is 23.3 Å². The minimum Gasteiger partial charge on any atom is -0.335 e. The van der Waals surface area contributed by atoms with Crippen LogP contribution in [0.15, 0.2) is 18.3 Å². The summed E-state index contributed by atoms with van der Waals surface area (Å²) < 4.78 is 0. The molecule has 122 valence electrons. The summed E-state index contributed by atoms with van der Waals surface area (Å²) >= 11 is 0. The lowest BCUT2D eigenvalue weighted by Crippen LogP contribution is -2.45. The number of aromatic nitrogens is 1. The van der Waals surface area contributed by atoms with E-state index in [1.807, 2.05) is 0 Å². The van der Waals surface area contributed by atoms with Gasteiger partial charge in [-0.05, 0) is 63.0 Å². The number of rotatable bonds is 6. The van der Waals surface area contributed by atoms with Crippen molar-refractivity contribution < 1.29 is 9.59 Å². The third-order valence-electron chi connectivity index (χ3n) is 5.13. The van der Waals surface area contributed by atoms with E-state index < -0.39 is 0 Å². The Morgan fingerprint density at radius 3 is 2.57 bits per heavy atom. The summed E-state index contributed by atoms with van der Waals surface area (Å²) in [6, 6.07) is 3.88. The first-order valence-corrected chi connectivity index (χ1v) is 8.78. The summed E-state index contributed by atoms with van der Waals surface area (Å²) in [6.07, 6.45) is 9.49. The van der Waals surface area contributed by atoms with Gasteiger partial charge < -0.3 is 10.2 Å². The lowest BCUT2D eigenvalue weighted by atomic mass is 9.90. The van der Waals surface area contributed by atoms with E-state index in [9.17, 15) is 9.59 Å². The van der Waals surface area contributed by atoms with Crippen molar-refractivity contribution >= 4 is 17.6 Å². The van der Waals surface area contributed by atoms with Crippen molar-refractivity contribution in [3.05, 3.63) is 23.9 Å². The number of pyridine rings is 1. The minimum absolute atomic E-state index is 0.0240. The minimum atomic E-state index is 0.0240. The molecule has 0 atom stereocenters. The number of amides is 2. The molecule has 0 unspecified atom stereocenters. The average Bonchev–Trinajstić information content (AvgIpc) is 3.36. The first kappa shape index (κ1) is 14.7. The lowest BCUT2D eigenvalue weighted by Gasteiger charge is -2.38. The molecule has 0 spiro atoms. The molecule has 5 heteroatoms. The SMILES string of the molecule is O=C(Nc1cc(C(=O)N(CC2CC2)C2CCC2)ccn1)C1CC1. The molecule has 0 aliphatic heterocycles. The molecular weight excluding hydrogens is 290 g/mol. The maximum Gasteiger partial charge on any atom is 0.254 e. The highest BCUT2D eigenvalue weighted by Gasteiger charge is 2.34. The maximum atomic E-state index is 12.9. The predicted molar refractivity (Wildman–Crippen MR) is 87.0 cm³/mol. The topological polar surface area (TPSA) is 62.3 Å². The Morgan fingerprint density at radius 2 is 1.96 bits per heavy atom. The van der Waals surface area contributed by atoms with Crippen LogP contribution in [0.5, 0.6) is 0 Å². The van der Waals surface area contributed by atoms with Gasteiger partial charge in [0.15, 0.2) is 0 Å². The molecule has 1 aromatic heterocycles. The normalized spacial score (nSPS) is 20.7. The molecule has 5 nitrogen and oxygen atoms in total. The van der Waals surface area contributed by atoms with Gasteiger partial charge in [-0.15, -0.1) is 0 Å². The Balaban J connectivity index is 1.48. The second kappa shape index (κ2) is 5.95. The lowest BCUT2D eigenvalue weighted by molar-refractivity contribution is -0.117. The van der Waals surface area contributed by atoms with Gasteiger partial charge >= 0.3 is 0 Å². The number of hydrogen-bond acceptors (Lipinski definition) is 3. The van der Waals surface area contributed by atoms with Crippen LogP contribution in [0.4, 0.5) is 5.82 Å². The second-order valence-corrected chi connectivity index (χ2v) is 7.18. The third-order valence-corrected chi connectivity index (χ3v) is 5.13. The summed E-state index contributed by atoms with van der Waals surface area (Å²) in [5, 5.41) is 2.83. The van der Waals surface area contributed by atoms with E-state index in [1.54, 1.807) is 18.3 Å². The van der Waals surface area contributed by atoms with Gasteiger partial charge in [-0.2, -0.15) is 0 Å². The Hall–Kier alpha value is -1.91. The van der Waals surface area contributed by atoms with Gasteiger partial charge in [0.1, 0.15) is 5.82 Å². The van der Waals surface area contributed by atoms with Crippen LogP contribution in [0.2, 0.25) is 0 Å². The highest BCUT2D eigenvalue weighted by Crippen LogP contribution is 2.34. The highest BCUT2D eigenvalue weighted by atomic mass is 16.2. The van der Waals surface area contributed by atoms with Crippen molar-refractivity contribution in [2.45, 2.75) is 51.0 Å². The van der Waals surface area contributed by atoms with Gasteiger partial charge in [-0.1, -0.05) is 0 Å². The molecule has 3 aliphatic carbocycles. The fourth-order valence-corrected chi connectivity index (χ4v) is 3.05. The number of carbonyl (C=O) groups is 2. The van der Waals surface area contributed by atoms with Crippen LogP contribution in [0.25, 0.3) is 0 Å². The monoisotopic (exact) mass is 313 g/mol. The van der Waals surface area contributed by atoms with E-state index in [1.165, 1.54) is 19.3 Å². The molecule has 2 amide bonds. The van der Waals surface area contributed by atoms with Crippen molar-refractivity contribution in [1.82, 2.24) is 9.88 Å². The van der Waals surface area contributed by atoms with Crippen LogP contribution in [0.3, 0.4) is 0 Å². The molecule has 4 rings (SSSR count). The molecule has 0 aromatic carbocycles. The second-order valence-electron chi connectivity index (χ2n) is 7.18. The van der Waals surface area contributed by atoms with Crippen molar-refractivity contribution in [2.24, 2.45) is 11.8 Å². The summed E-state index contributed by atoms with van der Waals surface area (Å²) in [5.41, 5.74) is 0.638. The van der Waals surface area contributed by atoms with Gasteiger partial charge in [0.05, 0.1) is 0 Å². The molecule has 0 saturated heterocycles. The first-order valence-electron chi connectivity index (χ1n) is 8.78. The molecule has 1 aromatic rings. The zero-order chi connectivity index (χ0) is 15.8. The summed E-state index contributed by atoms with van der Waals surface area (Å²) in [7, 11) is 0. The molecule has 3 aliphatic rings. The molecule has 3 fully saturated rings. The Labute approximate surface area is 136 Å². The predicted octanol–water partition coefficient (Wildman–Crippen LogP) is 2.83. The first-order chi connectivity index (χ1) is 11.2. The van der Waals surface area contributed by atoms with Crippen LogP contribution in [-0.4, -0.2) is 34.3 Å². The molecule has 0 bridgehead atoms. The van der Waals surface area contributed by atoms with Gasteiger partial charge in [0.25, 0.3) is 5.91 Å². The fraction of sp³-hybridized carbons (Fsp3) is 0.611. The zero-order valence-electron chi connectivity index (χ0n) is 13.3. The van der Waals surface area contributed by atoms with E-state index in [0.717, 1.165) is 32.2 Å².